The number of phenols is 1. The van der Waals surface area contributed by atoms with Crippen LogP contribution in [0, 0.1) is 0 Å². The van der Waals surface area contributed by atoms with Crippen LogP contribution in [-0.2, 0) is 13.0 Å². The number of nitrogens with zero attached hydrogens (tertiary/aromatic N) is 1. The van der Waals surface area contributed by atoms with Crippen LogP contribution in [0.1, 0.15) is 24.0 Å². The molecule has 3 rings (SSSR count). The number of hydrogen-bond acceptors (Lipinski definition) is 3. The molecule has 0 radical (unpaired) electrons. The van der Waals surface area contributed by atoms with Crippen molar-refractivity contribution in [1.29, 1.82) is 0 Å². The van der Waals surface area contributed by atoms with Crippen molar-refractivity contribution < 1.29 is 5.11 Å². The Morgan fingerprint density at radius 3 is 2.59 bits per heavy atom. The monoisotopic (exact) mass is 234 g/mol. The molecule has 1 fully saturated rings. The van der Waals surface area contributed by atoms with E-state index in [-0.39, 0.29) is 0 Å². The standard InChI is InChI=1S/C9H11NO.C5H11N/c11-9-2-1-8-6-10-4-3-7(8)5-9;1-6-4-2-3-5-6/h1-2,5,10-11H,3-4,6H2;2-5H2,1H3. The summed E-state index contributed by atoms with van der Waals surface area (Å²) in [5.41, 5.74) is 2.60. The highest BCUT2D eigenvalue weighted by atomic mass is 16.3. The maximum atomic E-state index is 9.17. The highest BCUT2D eigenvalue weighted by Crippen LogP contribution is 2.18. The van der Waals surface area contributed by atoms with E-state index in [9.17, 15) is 0 Å². The molecule has 17 heavy (non-hydrogen) atoms. The first-order chi connectivity index (χ1) is 8.25. The van der Waals surface area contributed by atoms with E-state index >= 15 is 0 Å². The summed E-state index contributed by atoms with van der Waals surface area (Å²) >= 11 is 0. The van der Waals surface area contributed by atoms with Crippen LogP contribution in [0.2, 0.25) is 0 Å². The first-order valence-corrected chi connectivity index (χ1v) is 6.46. The molecule has 3 heteroatoms. The minimum Gasteiger partial charge on any atom is -0.508 e. The van der Waals surface area contributed by atoms with Crippen LogP contribution in [0.3, 0.4) is 0 Å². The molecule has 3 nitrogen and oxygen atoms in total. The molecule has 1 saturated heterocycles. The molecule has 94 valence electrons. The zero-order valence-corrected chi connectivity index (χ0v) is 10.6. The lowest BCUT2D eigenvalue weighted by Crippen LogP contribution is -2.23. The van der Waals surface area contributed by atoms with Gasteiger partial charge in [-0.15, -0.1) is 0 Å². The number of aromatic hydroxyl groups is 1. The van der Waals surface area contributed by atoms with E-state index in [1.807, 2.05) is 12.1 Å². The largest absolute Gasteiger partial charge is 0.508 e. The first-order valence-electron chi connectivity index (χ1n) is 6.46. The van der Waals surface area contributed by atoms with Gasteiger partial charge in [0.2, 0.25) is 0 Å². The van der Waals surface area contributed by atoms with Crippen molar-refractivity contribution in [3.8, 4) is 5.75 Å². The molecule has 0 unspecified atom stereocenters. The maximum Gasteiger partial charge on any atom is 0.115 e. The fourth-order valence-corrected chi connectivity index (χ4v) is 2.34. The number of likely N-dealkylation sites (tertiary alicyclic amines) is 1. The molecule has 0 aliphatic carbocycles. The summed E-state index contributed by atoms with van der Waals surface area (Å²) in [5.74, 6) is 0.380. The van der Waals surface area contributed by atoms with Gasteiger partial charge in [0.15, 0.2) is 0 Å². The van der Waals surface area contributed by atoms with E-state index in [0.29, 0.717) is 5.75 Å². The Labute approximate surface area is 103 Å². The molecule has 2 N–H and O–H groups in total. The van der Waals surface area contributed by atoms with Crippen molar-refractivity contribution in [2.45, 2.75) is 25.8 Å². The Morgan fingerprint density at radius 1 is 1.18 bits per heavy atom. The highest BCUT2D eigenvalue weighted by molar-refractivity contribution is 5.36. The SMILES string of the molecule is CN1CCCC1.Oc1ccc2c(c1)CCNC2. The quantitative estimate of drug-likeness (QED) is 0.718. The number of hydrogen-bond donors (Lipinski definition) is 2. The third-order valence-corrected chi connectivity index (χ3v) is 3.41. The highest BCUT2D eigenvalue weighted by Gasteiger charge is 2.07. The second kappa shape index (κ2) is 6.03. The summed E-state index contributed by atoms with van der Waals surface area (Å²) in [6, 6.07) is 5.58. The van der Waals surface area contributed by atoms with Gasteiger partial charge in [0.1, 0.15) is 5.75 Å². The van der Waals surface area contributed by atoms with Crippen LogP contribution in [0.25, 0.3) is 0 Å². The Morgan fingerprint density at radius 2 is 1.94 bits per heavy atom. The molecule has 2 aliphatic rings. The molecule has 0 atom stereocenters. The van der Waals surface area contributed by atoms with E-state index < -0.39 is 0 Å². The molecule has 1 aromatic carbocycles. The predicted molar refractivity (Wildman–Crippen MR) is 70.2 cm³/mol. The van der Waals surface area contributed by atoms with E-state index in [2.05, 4.69) is 17.3 Å². The first kappa shape index (κ1) is 12.4. The van der Waals surface area contributed by atoms with Crippen molar-refractivity contribution in [3.05, 3.63) is 29.3 Å². The molecule has 0 bridgehead atoms. The normalized spacial score (nSPS) is 19.4. The summed E-state index contributed by atoms with van der Waals surface area (Å²) in [6.07, 6.45) is 3.86. The van der Waals surface area contributed by atoms with Crippen LogP contribution in [-0.4, -0.2) is 36.7 Å². The summed E-state index contributed by atoms with van der Waals surface area (Å²) in [6.45, 7) is 4.60. The summed E-state index contributed by atoms with van der Waals surface area (Å²) in [4.78, 5) is 2.36. The van der Waals surface area contributed by atoms with Crippen LogP contribution >= 0.6 is 0 Å². The second-order valence-corrected chi connectivity index (χ2v) is 4.89. The van der Waals surface area contributed by atoms with Gasteiger partial charge in [-0.1, -0.05) is 6.07 Å². The predicted octanol–water partition coefficient (Wildman–Crippen LogP) is 1.75. The fourth-order valence-electron chi connectivity index (χ4n) is 2.34. The number of benzene rings is 1. The number of fused-ring (bicyclic) bond motifs is 1. The van der Waals surface area contributed by atoms with Crippen molar-refractivity contribution in [3.63, 3.8) is 0 Å². The summed E-state index contributed by atoms with van der Waals surface area (Å²) in [7, 11) is 2.17. The maximum absolute atomic E-state index is 9.17. The van der Waals surface area contributed by atoms with E-state index in [1.54, 1.807) is 6.07 Å². The van der Waals surface area contributed by atoms with Crippen LogP contribution in [0.4, 0.5) is 0 Å². The fraction of sp³-hybridized carbons (Fsp3) is 0.571. The van der Waals surface area contributed by atoms with Crippen LogP contribution in [0.5, 0.6) is 5.75 Å². The Hall–Kier alpha value is -1.06. The van der Waals surface area contributed by atoms with Crippen molar-refractivity contribution >= 4 is 0 Å². The molecule has 0 amide bonds. The average Bonchev–Trinajstić information content (AvgIpc) is 2.81. The summed E-state index contributed by atoms with van der Waals surface area (Å²) in [5, 5.41) is 12.4. The molecule has 1 aromatic rings. The lowest BCUT2D eigenvalue weighted by atomic mass is 10.0. The smallest absolute Gasteiger partial charge is 0.115 e. The zero-order chi connectivity index (χ0) is 12.1. The van der Waals surface area contributed by atoms with Crippen molar-refractivity contribution in [2.24, 2.45) is 0 Å². The van der Waals surface area contributed by atoms with Crippen molar-refractivity contribution in [2.75, 3.05) is 26.7 Å². The topological polar surface area (TPSA) is 35.5 Å². The number of nitrogens with one attached hydrogen (secondary N) is 1. The van der Waals surface area contributed by atoms with E-state index in [4.69, 9.17) is 5.11 Å². The minimum absolute atomic E-state index is 0.380. The van der Waals surface area contributed by atoms with E-state index in [0.717, 1.165) is 19.5 Å². The van der Waals surface area contributed by atoms with Gasteiger partial charge in [-0.05, 0) is 69.2 Å². The van der Waals surface area contributed by atoms with Crippen molar-refractivity contribution in [1.82, 2.24) is 10.2 Å². The van der Waals surface area contributed by atoms with Gasteiger partial charge in [-0.2, -0.15) is 0 Å². The van der Waals surface area contributed by atoms with Gasteiger partial charge in [0.05, 0.1) is 0 Å². The molecule has 2 heterocycles. The molecule has 0 aromatic heterocycles. The number of rotatable bonds is 0. The lowest BCUT2D eigenvalue weighted by Gasteiger charge is -2.16. The molecule has 2 aliphatic heterocycles. The third kappa shape index (κ3) is 3.72. The zero-order valence-electron chi connectivity index (χ0n) is 10.6. The van der Waals surface area contributed by atoms with E-state index in [1.165, 1.54) is 37.1 Å². The Bertz CT molecular complexity index is 359. The van der Waals surface area contributed by atoms with Gasteiger partial charge >= 0.3 is 0 Å². The van der Waals surface area contributed by atoms with Gasteiger partial charge in [0, 0.05) is 6.54 Å². The summed E-state index contributed by atoms with van der Waals surface area (Å²) < 4.78 is 0. The van der Waals surface area contributed by atoms with Crippen LogP contribution < -0.4 is 5.32 Å². The van der Waals surface area contributed by atoms with Gasteiger partial charge in [0.25, 0.3) is 0 Å². The average molecular weight is 234 g/mol. The number of phenolic OH excluding ortho intramolecular Hbond substituents is 1. The minimum atomic E-state index is 0.380. The molecule has 0 saturated carbocycles. The van der Waals surface area contributed by atoms with Crippen LogP contribution in [0.15, 0.2) is 18.2 Å². The molecular formula is C14H22N2O. The second-order valence-electron chi connectivity index (χ2n) is 4.89. The lowest BCUT2D eigenvalue weighted by molar-refractivity contribution is 0.418. The van der Waals surface area contributed by atoms with Gasteiger partial charge < -0.3 is 15.3 Å². The molecular weight excluding hydrogens is 212 g/mol. The third-order valence-electron chi connectivity index (χ3n) is 3.41. The molecule has 0 spiro atoms. The Balaban J connectivity index is 0.000000153. The van der Waals surface area contributed by atoms with Gasteiger partial charge in [-0.3, -0.25) is 0 Å². The van der Waals surface area contributed by atoms with Gasteiger partial charge in [-0.25, -0.2) is 0 Å². The Kier molecular flexibility index (Phi) is 4.40.